The van der Waals surface area contributed by atoms with E-state index < -0.39 is 12.1 Å². The normalized spacial score (nSPS) is 17.9. The van der Waals surface area contributed by atoms with Gasteiger partial charge in [0.2, 0.25) is 0 Å². The van der Waals surface area contributed by atoms with Crippen LogP contribution in [0.1, 0.15) is 58.0 Å². The molecule has 296 valence electrons. The zero-order valence-electron chi connectivity index (χ0n) is 31.9. The first-order valence-electron chi connectivity index (χ1n) is 19.0. The van der Waals surface area contributed by atoms with E-state index in [1.54, 1.807) is 43.4 Å². The van der Waals surface area contributed by atoms with Crippen LogP contribution in [0.3, 0.4) is 0 Å². The predicted octanol–water partition coefficient (Wildman–Crippen LogP) is 9.75. The molecule has 2 unspecified atom stereocenters. The van der Waals surface area contributed by atoms with Crippen molar-refractivity contribution in [1.82, 2.24) is 9.88 Å². The molecule has 2 aliphatic heterocycles. The molecule has 0 aliphatic carbocycles. The number of piperidine rings is 2. The van der Waals surface area contributed by atoms with Crippen molar-refractivity contribution in [2.75, 3.05) is 38.8 Å². The summed E-state index contributed by atoms with van der Waals surface area (Å²) >= 11 is 12.9. The minimum absolute atomic E-state index is 0.116. The molecule has 0 radical (unpaired) electrons. The Morgan fingerprint density at radius 3 is 2.37 bits per heavy atom. The first kappa shape index (κ1) is 39.9. The van der Waals surface area contributed by atoms with Crippen molar-refractivity contribution in [3.05, 3.63) is 147 Å². The number of para-hydroxylation sites is 1. The van der Waals surface area contributed by atoms with E-state index in [1.165, 1.54) is 25.2 Å². The molecular weight excluding hydrogens is 765 g/mol. The van der Waals surface area contributed by atoms with Crippen LogP contribution in [-0.4, -0.2) is 61.9 Å². The molecule has 2 bridgehead atoms. The highest BCUT2D eigenvalue weighted by atomic mass is 35.5. The third kappa shape index (κ3) is 10.2. The van der Waals surface area contributed by atoms with Crippen molar-refractivity contribution in [3.8, 4) is 17.2 Å². The van der Waals surface area contributed by atoms with Crippen LogP contribution in [0.5, 0.6) is 17.2 Å². The van der Waals surface area contributed by atoms with Crippen LogP contribution >= 0.6 is 23.2 Å². The van der Waals surface area contributed by atoms with E-state index in [2.05, 4.69) is 9.88 Å². The van der Waals surface area contributed by atoms with Gasteiger partial charge in [0, 0.05) is 37.6 Å². The number of methoxy groups -OCH3 is 2. The summed E-state index contributed by atoms with van der Waals surface area (Å²) in [4.78, 5) is 35.4. The maximum absolute atomic E-state index is 13.7. The number of hydrogen-bond donors (Lipinski definition) is 0. The van der Waals surface area contributed by atoms with Gasteiger partial charge in [-0.2, -0.15) is 0 Å². The summed E-state index contributed by atoms with van der Waals surface area (Å²) in [5.41, 5.74) is 4.15. The van der Waals surface area contributed by atoms with Gasteiger partial charge in [-0.1, -0.05) is 71.7 Å². The molecule has 57 heavy (non-hydrogen) atoms. The summed E-state index contributed by atoms with van der Waals surface area (Å²) in [7, 11) is 3.09. The highest BCUT2D eigenvalue weighted by molar-refractivity contribution is 6.35. The minimum atomic E-state index is -0.755. The number of hydrogen-bond acceptors (Lipinski definition) is 9. The van der Waals surface area contributed by atoms with E-state index in [0.29, 0.717) is 56.4 Å². The molecule has 1 aromatic heterocycles. The van der Waals surface area contributed by atoms with E-state index >= 15 is 0 Å². The maximum atomic E-state index is 13.7. The Labute approximate surface area is 343 Å². The monoisotopic (exact) mass is 809 g/mol. The Bertz CT molecular complexity index is 2120. The van der Waals surface area contributed by atoms with Gasteiger partial charge in [0.05, 0.1) is 36.4 Å². The second kappa shape index (κ2) is 18.8. The molecule has 2 fully saturated rings. The van der Waals surface area contributed by atoms with Gasteiger partial charge in [0.15, 0.2) is 11.5 Å². The average Bonchev–Trinajstić information content (AvgIpc) is 3.23. The van der Waals surface area contributed by atoms with Crippen LogP contribution in [0.2, 0.25) is 10.0 Å². The number of esters is 1. The molecule has 4 aromatic carbocycles. The first-order valence-corrected chi connectivity index (χ1v) is 19.8. The highest BCUT2D eigenvalue weighted by Gasteiger charge is 2.33. The van der Waals surface area contributed by atoms with E-state index in [1.807, 2.05) is 72.8 Å². The molecule has 1 amide bonds. The summed E-state index contributed by atoms with van der Waals surface area (Å²) in [6, 6.07) is 29.7. The molecule has 12 heteroatoms. The standard InChI is InChI=1S/C45H45Cl2N3O7/c1-53-41-18-17-34(22-43(41)54-2)42(23-38-39(46)24-48-25-40(38)47)57-44(51)33-15-13-30(14-16-33)29-55-36-12-6-8-32(20-36)27-50(35-10-4-3-5-11-35)45(52)56-37-21-31-9-7-19-49(26-31)28-37/h3-6,8,10-18,20,22,24-25,31,37,42H,7,9,19,21,23,26-29H2,1-2H3/t31?,37-,42+/m1/s1. The number of nitrogens with zero attached hydrogens (tertiary/aromatic N) is 3. The summed E-state index contributed by atoms with van der Waals surface area (Å²) in [5.74, 6) is 1.74. The van der Waals surface area contributed by atoms with Crippen molar-refractivity contribution >= 4 is 41.0 Å². The lowest BCUT2D eigenvalue weighted by atomic mass is 9.88. The van der Waals surface area contributed by atoms with Gasteiger partial charge in [-0.25, -0.2) is 9.59 Å². The predicted molar refractivity (Wildman–Crippen MR) is 220 cm³/mol. The van der Waals surface area contributed by atoms with Gasteiger partial charge in [-0.3, -0.25) is 14.8 Å². The van der Waals surface area contributed by atoms with Crippen molar-refractivity contribution in [2.24, 2.45) is 5.92 Å². The molecule has 2 saturated heterocycles. The summed E-state index contributed by atoms with van der Waals surface area (Å²) < 4.78 is 29.3. The Hall–Kier alpha value is -5.29. The molecule has 10 nitrogen and oxygen atoms in total. The zero-order valence-corrected chi connectivity index (χ0v) is 33.5. The van der Waals surface area contributed by atoms with E-state index in [-0.39, 0.29) is 25.2 Å². The van der Waals surface area contributed by atoms with Crippen molar-refractivity contribution < 1.29 is 33.3 Å². The minimum Gasteiger partial charge on any atom is -0.493 e. The summed E-state index contributed by atoms with van der Waals surface area (Å²) in [6.07, 6.45) is 5.31. The summed E-state index contributed by atoms with van der Waals surface area (Å²) in [5, 5.41) is 0.731. The van der Waals surface area contributed by atoms with Gasteiger partial charge < -0.3 is 23.7 Å². The Morgan fingerprint density at radius 2 is 1.63 bits per heavy atom. The molecule has 3 heterocycles. The fraction of sp³-hybridized carbons (Fsp3) is 0.311. The number of carbonyl (C=O) groups is 2. The van der Waals surface area contributed by atoms with Gasteiger partial charge in [0.1, 0.15) is 24.6 Å². The lowest BCUT2D eigenvalue weighted by molar-refractivity contribution is 0.00423. The number of fused-ring (bicyclic) bond motifs is 2. The number of carbonyl (C=O) groups excluding carboxylic acids is 2. The second-order valence-corrected chi connectivity index (χ2v) is 15.2. The molecule has 0 saturated carbocycles. The molecule has 5 aromatic rings. The first-order chi connectivity index (χ1) is 27.8. The molecular formula is C45H45Cl2N3O7. The molecule has 4 atom stereocenters. The van der Waals surface area contributed by atoms with Gasteiger partial charge in [-0.15, -0.1) is 0 Å². The lowest BCUT2D eigenvalue weighted by Crippen LogP contribution is -2.49. The average molecular weight is 811 g/mol. The van der Waals surface area contributed by atoms with E-state index in [0.717, 1.165) is 42.9 Å². The number of pyridine rings is 1. The van der Waals surface area contributed by atoms with Crippen LogP contribution in [0, 0.1) is 5.92 Å². The maximum Gasteiger partial charge on any atom is 0.414 e. The van der Waals surface area contributed by atoms with E-state index in [9.17, 15) is 9.59 Å². The fourth-order valence-electron chi connectivity index (χ4n) is 7.52. The zero-order chi connectivity index (χ0) is 39.7. The van der Waals surface area contributed by atoms with E-state index in [4.69, 9.17) is 46.9 Å². The largest absolute Gasteiger partial charge is 0.493 e. The van der Waals surface area contributed by atoms with Crippen molar-refractivity contribution in [3.63, 3.8) is 0 Å². The number of ether oxygens (including phenoxy) is 5. The third-order valence-electron chi connectivity index (χ3n) is 10.4. The van der Waals surface area contributed by atoms with Crippen LogP contribution in [0.4, 0.5) is 10.5 Å². The highest BCUT2D eigenvalue weighted by Crippen LogP contribution is 2.36. The molecule has 0 N–H and O–H groups in total. The molecule has 7 rings (SSSR count). The molecule has 2 aliphatic rings. The number of benzene rings is 4. The van der Waals surface area contributed by atoms with Gasteiger partial charge >= 0.3 is 12.1 Å². The smallest absolute Gasteiger partial charge is 0.414 e. The number of rotatable bonds is 14. The Balaban J connectivity index is 0.999. The quantitative estimate of drug-likeness (QED) is 0.102. The van der Waals surface area contributed by atoms with Gasteiger partial charge in [0.25, 0.3) is 0 Å². The van der Waals surface area contributed by atoms with Crippen molar-refractivity contribution in [2.45, 2.75) is 51.0 Å². The lowest BCUT2D eigenvalue weighted by Gasteiger charge is -2.41. The number of halogens is 2. The Kier molecular flexibility index (Phi) is 13.1. The number of amides is 1. The summed E-state index contributed by atoms with van der Waals surface area (Å²) in [6.45, 7) is 3.53. The number of aromatic nitrogens is 1. The second-order valence-electron chi connectivity index (χ2n) is 14.4. The van der Waals surface area contributed by atoms with Crippen LogP contribution < -0.4 is 19.1 Å². The SMILES string of the molecule is COc1ccc([C@H](Cc2c(Cl)cncc2Cl)OC(=O)c2ccc(COc3cccc(CN(C(=O)O[C@@H]4CC5CCCN(C5)C4)c4ccccc4)c3)cc2)cc1OC. The third-order valence-corrected chi connectivity index (χ3v) is 11.1. The van der Waals surface area contributed by atoms with Crippen LogP contribution in [0.25, 0.3) is 0 Å². The van der Waals surface area contributed by atoms with Crippen LogP contribution in [-0.2, 0) is 29.0 Å². The Morgan fingerprint density at radius 1 is 0.860 bits per heavy atom. The van der Waals surface area contributed by atoms with Gasteiger partial charge in [-0.05, 0) is 103 Å². The number of anilines is 1. The van der Waals surface area contributed by atoms with Crippen molar-refractivity contribution in [1.29, 1.82) is 0 Å². The topological polar surface area (TPSA) is 99.7 Å². The van der Waals surface area contributed by atoms with Crippen LogP contribution in [0.15, 0.2) is 109 Å². The molecule has 0 spiro atoms. The fourth-order valence-corrected chi connectivity index (χ4v) is 8.04.